The van der Waals surface area contributed by atoms with Crippen molar-refractivity contribution in [3.8, 4) is 0 Å². The van der Waals surface area contributed by atoms with Crippen molar-refractivity contribution < 1.29 is 0 Å². The average molecular weight is 527 g/mol. The number of aromatic amines is 1. The summed E-state index contributed by atoms with van der Waals surface area (Å²) < 4.78 is 1.15. The molecule has 0 spiro atoms. The van der Waals surface area contributed by atoms with Crippen LogP contribution in [-0.4, -0.2) is 4.98 Å². The van der Waals surface area contributed by atoms with E-state index in [0.717, 1.165) is 4.47 Å². The number of H-pyrrole nitrogens is 1. The molecule has 0 aliphatic rings. The van der Waals surface area contributed by atoms with Crippen LogP contribution in [0.15, 0.2) is 40.9 Å². The number of hydrogen-bond acceptors (Lipinski definition) is 0. The van der Waals surface area contributed by atoms with Gasteiger partial charge in [0.1, 0.15) is 0 Å². The molecular formula is C32H48BrN. The molecule has 0 atom stereocenters. The monoisotopic (exact) mass is 525 g/mol. The fraction of sp³-hybridized carbons (Fsp3) is 0.625. The Labute approximate surface area is 217 Å². The van der Waals surface area contributed by atoms with Gasteiger partial charge in [0.2, 0.25) is 0 Å². The summed E-state index contributed by atoms with van der Waals surface area (Å²) in [5, 5.41) is 2.68. The van der Waals surface area contributed by atoms with Gasteiger partial charge in [0, 0.05) is 26.3 Å². The first-order valence-corrected chi connectivity index (χ1v) is 15.3. The SMILES string of the molecule is CCCCCCCCCCCCCCCCCCCCc1ccc2[nH]c3ccc(Br)cc3c2c1. The van der Waals surface area contributed by atoms with Gasteiger partial charge in [0.25, 0.3) is 0 Å². The lowest BCUT2D eigenvalue weighted by Crippen LogP contribution is -1.87. The van der Waals surface area contributed by atoms with E-state index in [0.29, 0.717) is 0 Å². The Balaban J connectivity index is 1.15. The van der Waals surface area contributed by atoms with E-state index in [1.165, 1.54) is 149 Å². The van der Waals surface area contributed by atoms with E-state index in [2.05, 4.69) is 64.2 Å². The molecule has 0 aliphatic heterocycles. The van der Waals surface area contributed by atoms with Gasteiger partial charge < -0.3 is 4.98 Å². The molecule has 0 amide bonds. The molecule has 188 valence electrons. The van der Waals surface area contributed by atoms with E-state index in [1.54, 1.807) is 0 Å². The maximum Gasteiger partial charge on any atom is 0.0465 e. The number of halogens is 1. The van der Waals surface area contributed by atoms with E-state index in [1.807, 2.05) is 0 Å². The minimum absolute atomic E-state index is 1.15. The molecule has 2 heteroatoms. The molecule has 0 bridgehead atoms. The van der Waals surface area contributed by atoms with Gasteiger partial charge in [-0.25, -0.2) is 0 Å². The minimum Gasteiger partial charge on any atom is -0.355 e. The van der Waals surface area contributed by atoms with Crippen molar-refractivity contribution in [1.82, 2.24) is 4.98 Å². The van der Waals surface area contributed by atoms with Crippen molar-refractivity contribution >= 4 is 37.7 Å². The second kappa shape index (κ2) is 16.4. The van der Waals surface area contributed by atoms with Crippen LogP contribution >= 0.6 is 15.9 Å². The molecule has 3 aromatic rings. The van der Waals surface area contributed by atoms with Crippen LogP contribution in [0.25, 0.3) is 21.8 Å². The molecule has 1 aromatic heterocycles. The van der Waals surface area contributed by atoms with Crippen LogP contribution in [0.2, 0.25) is 0 Å². The van der Waals surface area contributed by atoms with Crippen LogP contribution in [0.3, 0.4) is 0 Å². The second-order valence-corrected chi connectivity index (χ2v) is 11.4. The Kier molecular flexibility index (Phi) is 13.2. The lowest BCUT2D eigenvalue weighted by Gasteiger charge is -2.04. The number of fused-ring (bicyclic) bond motifs is 3. The number of unbranched alkanes of at least 4 members (excludes halogenated alkanes) is 17. The topological polar surface area (TPSA) is 15.8 Å². The highest BCUT2D eigenvalue weighted by molar-refractivity contribution is 9.10. The highest BCUT2D eigenvalue weighted by Gasteiger charge is 2.06. The third-order valence-corrected chi connectivity index (χ3v) is 7.94. The molecule has 34 heavy (non-hydrogen) atoms. The maximum absolute atomic E-state index is 3.62. The molecule has 0 aliphatic carbocycles. The summed E-state index contributed by atoms with van der Waals surface area (Å²) in [4.78, 5) is 3.54. The van der Waals surface area contributed by atoms with Crippen LogP contribution in [-0.2, 0) is 6.42 Å². The molecular weight excluding hydrogens is 478 g/mol. The molecule has 0 unspecified atom stereocenters. The largest absolute Gasteiger partial charge is 0.355 e. The average Bonchev–Trinajstić information content (AvgIpc) is 3.20. The molecule has 0 radical (unpaired) electrons. The molecule has 3 rings (SSSR count). The molecule has 0 saturated heterocycles. The summed E-state index contributed by atoms with van der Waals surface area (Å²) in [5.41, 5.74) is 3.95. The summed E-state index contributed by atoms with van der Waals surface area (Å²) in [6, 6.07) is 13.5. The highest BCUT2D eigenvalue weighted by Crippen LogP contribution is 2.29. The number of nitrogens with one attached hydrogen (secondary N) is 1. The number of hydrogen-bond donors (Lipinski definition) is 1. The van der Waals surface area contributed by atoms with E-state index in [4.69, 9.17) is 0 Å². The van der Waals surface area contributed by atoms with E-state index >= 15 is 0 Å². The molecule has 2 aromatic carbocycles. The summed E-state index contributed by atoms with van der Waals surface area (Å²) >= 11 is 3.62. The Morgan fingerprint density at radius 3 is 1.50 bits per heavy atom. The highest BCUT2D eigenvalue weighted by atomic mass is 79.9. The first kappa shape index (κ1) is 27.3. The number of aryl methyl sites for hydroxylation is 1. The van der Waals surface area contributed by atoms with Crippen molar-refractivity contribution in [3.63, 3.8) is 0 Å². The number of benzene rings is 2. The van der Waals surface area contributed by atoms with Gasteiger partial charge >= 0.3 is 0 Å². The van der Waals surface area contributed by atoms with Gasteiger partial charge in [-0.05, 0) is 48.7 Å². The standard InChI is InChI=1S/C32H48BrN/c1-2-3-4-5-6-7-8-9-10-11-12-13-14-15-16-17-18-19-20-27-21-23-31-29(25-27)30-26-28(33)22-24-32(30)34-31/h21-26,34H,2-20H2,1H3. The van der Waals surface area contributed by atoms with E-state index < -0.39 is 0 Å². The number of rotatable bonds is 19. The summed E-state index contributed by atoms with van der Waals surface area (Å²) in [6.45, 7) is 2.30. The normalized spacial score (nSPS) is 11.7. The summed E-state index contributed by atoms with van der Waals surface area (Å²) in [6.07, 6.45) is 27.1. The van der Waals surface area contributed by atoms with Crippen molar-refractivity contribution in [2.45, 2.75) is 129 Å². The molecule has 1 N–H and O–H groups in total. The van der Waals surface area contributed by atoms with Crippen molar-refractivity contribution in [2.24, 2.45) is 0 Å². The quantitative estimate of drug-likeness (QED) is 0.150. The molecule has 0 saturated carbocycles. The zero-order chi connectivity index (χ0) is 23.8. The van der Waals surface area contributed by atoms with Gasteiger partial charge in [-0.1, -0.05) is 138 Å². The van der Waals surface area contributed by atoms with Gasteiger partial charge in [0.05, 0.1) is 0 Å². The predicted octanol–water partition coefficient (Wildman–Crippen LogP) is 11.7. The van der Waals surface area contributed by atoms with E-state index in [9.17, 15) is 0 Å². The lowest BCUT2D eigenvalue weighted by molar-refractivity contribution is 0.525. The van der Waals surface area contributed by atoms with Gasteiger partial charge in [-0.3, -0.25) is 0 Å². The minimum atomic E-state index is 1.15. The van der Waals surface area contributed by atoms with Crippen LogP contribution in [0.4, 0.5) is 0 Å². The van der Waals surface area contributed by atoms with Gasteiger partial charge in [-0.15, -0.1) is 0 Å². The van der Waals surface area contributed by atoms with Crippen LogP contribution in [0.5, 0.6) is 0 Å². The van der Waals surface area contributed by atoms with Crippen molar-refractivity contribution in [3.05, 3.63) is 46.4 Å². The van der Waals surface area contributed by atoms with Gasteiger partial charge in [-0.2, -0.15) is 0 Å². The first-order valence-electron chi connectivity index (χ1n) is 14.5. The Bertz CT molecular complexity index is 941. The van der Waals surface area contributed by atoms with E-state index in [-0.39, 0.29) is 0 Å². The third kappa shape index (κ3) is 9.76. The Hall–Kier alpha value is -1.28. The second-order valence-electron chi connectivity index (χ2n) is 10.5. The fourth-order valence-electron chi connectivity index (χ4n) is 5.30. The molecule has 1 nitrogen and oxygen atoms in total. The zero-order valence-electron chi connectivity index (χ0n) is 21.8. The number of aromatic nitrogens is 1. The summed E-state index contributed by atoms with van der Waals surface area (Å²) in [7, 11) is 0. The Morgan fingerprint density at radius 2 is 0.971 bits per heavy atom. The van der Waals surface area contributed by atoms with Crippen LogP contribution in [0.1, 0.15) is 128 Å². The van der Waals surface area contributed by atoms with Crippen LogP contribution in [0, 0.1) is 0 Å². The molecule has 0 fully saturated rings. The fourth-order valence-corrected chi connectivity index (χ4v) is 5.66. The van der Waals surface area contributed by atoms with Crippen LogP contribution < -0.4 is 0 Å². The predicted molar refractivity (Wildman–Crippen MR) is 156 cm³/mol. The first-order chi connectivity index (χ1) is 16.8. The van der Waals surface area contributed by atoms with Gasteiger partial charge in [0.15, 0.2) is 0 Å². The smallest absolute Gasteiger partial charge is 0.0465 e. The lowest BCUT2D eigenvalue weighted by atomic mass is 10.0. The maximum atomic E-state index is 3.62. The third-order valence-electron chi connectivity index (χ3n) is 7.44. The van der Waals surface area contributed by atoms with Crippen molar-refractivity contribution in [2.75, 3.05) is 0 Å². The van der Waals surface area contributed by atoms with Crippen molar-refractivity contribution in [1.29, 1.82) is 0 Å². The summed E-state index contributed by atoms with van der Waals surface area (Å²) in [5.74, 6) is 0. The Morgan fingerprint density at radius 1 is 0.529 bits per heavy atom. The zero-order valence-corrected chi connectivity index (χ0v) is 23.4. The molecule has 1 heterocycles.